The standard InChI is InChI=1S/C21H15FN2O5/c1-13-7-8-15(11-17(13)23-20(25)14-5-3-2-4-6-14)21(26)29-19-12-16(22)9-10-18(19)24(27)28/h2-12H,1H3,(H,23,25). The number of benzene rings is 3. The maximum atomic E-state index is 13.4. The van der Waals surface area contributed by atoms with Gasteiger partial charge < -0.3 is 10.1 Å². The lowest BCUT2D eigenvalue weighted by atomic mass is 10.1. The van der Waals surface area contributed by atoms with E-state index in [0.717, 1.165) is 18.2 Å². The Morgan fingerprint density at radius 2 is 1.72 bits per heavy atom. The van der Waals surface area contributed by atoms with Gasteiger partial charge in [-0.2, -0.15) is 0 Å². The number of hydrogen-bond donors (Lipinski definition) is 1. The number of anilines is 1. The molecule has 3 aromatic rings. The first-order valence-corrected chi connectivity index (χ1v) is 8.48. The summed E-state index contributed by atoms with van der Waals surface area (Å²) in [6.45, 7) is 1.74. The number of nitro benzene ring substituents is 1. The van der Waals surface area contributed by atoms with Gasteiger partial charge in [0.15, 0.2) is 0 Å². The summed E-state index contributed by atoms with van der Waals surface area (Å²) in [5.74, 6) is -2.57. The van der Waals surface area contributed by atoms with E-state index in [1.807, 2.05) is 0 Å². The van der Waals surface area contributed by atoms with Crippen molar-refractivity contribution in [3.8, 4) is 5.75 Å². The van der Waals surface area contributed by atoms with Crippen molar-refractivity contribution in [3.05, 3.63) is 99.4 Å². The molecule has 1 N–H and O–H groups in total. The highest BCUT2D eigenvalue weighted by molar-refractivity contribution is 6.05. The quantitative estimate of drug-likeness (QED) is 0.297. The summed E-state index contributed by atoms with van der Waals surface area (Å²) in [5, 5.41) is 13.8. The first-order chi connectivity index (χ1) is 13.8. The normalized spacial score (nSPS) is 10.3. The van der Waals surface area contributed by atoms with Gasteiger partial charge in [0.2, 0.25) is 5.75 Å². The smallest absolute Gasteiger partial charge is 0.343 e. The molecule has 0 atom stereocenters. The minimum Gasteiger partial charge on any atom is -0.415 e. The van der Waals surface area contributed by atoms with Gasteiger partial charge in [0.1, 0.15) is 5.82 Å². The molecule has 0 radical (unpaired) electrons. The second-order valence-corrected chi connectivity index (χ2v) is 6.11. The van der Waals surface area contributed by atoms with E-state index in [0.29, 0.717) is 16.8 Å². The number of rotatable bonds is 5. The van der Waals surface area contributed by atoms with Crippen molar-refractivity contribution in [2.45, 2.75) is 6.92 Å². The number of nitrogens with zero attached hydrogens (tertiary/aromatic N) is 1. The molecule has 29 heavy (non-hydrogen) atoms. The van der Waals surface area contributed by atoms with Crippen LogP contribution in [0.15, 0.2) is 66.7 Å². The number of esters is 1. The van der Waals surface area contributed by atoms with E-state index in [9.17, 15) is 24.1 Å². The highest BCUT2D eigenvalue weighted by Gasteiger charge is 2.20. The lowest BCUT2D eigenvalue weighted by Gasteiger charge is -2.11. The summed E-state index contributed by atoms with van der Waals surface area (Å²) in [7, 11) is 0. The molecule has 0 spiro atoms. The van der Waals surface area contributed by atoms with Gasteiger partial charge in [0.05, 0.1) is 10.5 Å². The molecule has 0 aliphatic carbocycles. The second-order valence-electron chi connectivity index (χ2n) is 6.11. The minimum absolute atomic E-state index is 0.0394. The number of aryl methyl sites for hydroxylation is 1. The first-order valence-electron chi connectivity index (χ1n) is 8.48. The maximum absolute atomic E-state index is 13.4. The third kappa shape index (κ3) is 4.62. The van der Waals surface area contributed by atoms with E-state index >= 15 is 0 Å². The summed E-state index contributed by atoms with van der Waals surface area (Å²) in [5.41, 5.74) is 1.02. The van der Waals surface area contributed by atoms with Crippen LogP contribution in [0.3, 0.4) is 0 Å². The lowest BCUT2D eigenvalue weighted by molar-refractivity contribution is -0.385. The van der Waals surface area contributed by atoms with Crippen molar-refractivity contribution in [3.63, 3.8) is 0 Å². The van der Waals surface area contributed by atoms with Crippen molar-refractivity contribution in [2.24, 2.45) is 0 Å². The van der Waals surface area contributed by atoms with Crippen LogP contribution in [0.5, 0.6) is 5.75 Å². The van der Waals surface area contributed by atoms with E-state index in [2.05, 4.69) is 5.32 Å². The molecule has 0 heterocycles. The zero-order valence-electron chi connectivity index (χ0n) is 15.2. The molecular formula is C21H15FN2O5. The fourth-order valence-corrected chi connectivity index (χ4v) is 2.55. The summed E-state index contributed by atoms with van der Waals surface area (Å²) in [6, 6.07) is 15.5. The van der Waals surface area contributed by atoms with Crippen molar-refractivity contribution in [1.29, 1.82) is 0 Å². The van der Waals surface area contributed by atoms with Gasteiger partial charge in [0.25, 0.3) is 5.91 Å². The van der Waals surface area contributed by atoms with Gasteiger partial charge in [-0.15, -0.1) is 0 Å². The molecular weight excluding hydrogens is 379 g/mol. The number of nitrogens with one attached hydrogen (secondary N) is 1. The Hall–Kier alpha value is -4.07. The average molecular weight is 394 g/mol. The van der Waals surface area contributed by atoms with Crippen LogP contribution in [0, 0.1) is 22.9 Å². The molecule has 0 unspecified atom stereocenters. The Morgan fingerprint density at radius 1 is 1.00 bits per heavy atom. The van der Waals surface area contributed by atoms with Crippen LogP contribution in [0.25, 0.3) is 0 Å². The number of amides is 1. The average Bonchev–Trinajstić information content (AvgIpc) is 2.70. The molecule has 0 saturated carbocycles. The van der Waals surface area contributed by atoms with Gasteiger partial charge >= 0.3 is 11.7 Å². The molecule has 0 aromatic heterocycles. The Kier molecular flexibility index (Phi) is 5.64. The van der Waals surface area contributed by atoms with Crippen LogP contribution in [0.2, 0.25) is 0 Å². The van der Waals surface area contributed by atoms with Gasteiger partial charge in [-0.1, -0.05) is 24.3 Å². The van der Waals surface area contributed by atoms with Crippen LogP contribution >= 0.6 is 0 Å². The van der Waals surface area contributed by atoms with Gasteiger partial charge in [-0.05, 0) is 42.8 Å². The van der Waals surface area contributed by atoms with E-state index in [-0.39, 0.29) is 11.5 Å². The number of nitro groups is 1. The minimum atomic E-state index is -0.922. The molecule has 7 nitrogen and oxygen atoms in total. The highest BCUT2D eigenvalue weighted by Crippen LogP contribution is 2.28. The van der Waals surface area contributed by atoms with Gasteiger partial charge in [-0.3, -0.25) is 14.9 Å². The van der Waals surface area contributed by atoms with Crippen molar-refractivity contribution < 1.29 is 23.6 Å². The van der Waals surface area contributed by atoms with Crippen LogP contribution in [0.1, 0.15) is 26.3 Å². The highest BCUT2D eigenvalue weighted by atomic mass is 19.1. The predicted molar refractivity (Wildman–Crippen MR) is 104 cm³/mol. The third-order valence-corrected chi connectivity index (χ3v) is 4.08. The zero-order chi connectivity index (χ0) is 21.0. The molecule has 3 rings (SSSR count). The van der Waals surface area contributed by atoms with Crippen molar-refractivity contribution >= 4 is 23.3 Å². The van der Waals surface area contributed by atoms with Crippen molar-refractivity contribution in [1.82, 2.24) is 0 Å². The molecule has 0 aliphatic heterocycles. The number of carbonyl (C=O) groups excluding carboxylic acids is 2. The maximum Gasteiger partial charge on any atom is 0.343 e. The van der Waals surface area contributed by atoms with Crippen molar-refractivity contribution in [2.75, 3.05) is 5.32 Å². The second kappa shape index (κ2) is 8.30. The van der Waals surface area contributed by atoms with E-state index in [1.54, 1.807) is 43.3 Å². The number of ether oxygens (including phenoxy) is 1. The van der Waals surface area contributed by atoms with E-state index in [1.165, 1.54) is 12.1 Å². The van der Waals surface area contributed by atoms with Gasteiger partial charge in [-0.25, -0.2) is 9.18 Å². The Balaban J connectivity index is 1.84. The number of hydrogen-bond acceptors (Lipinski definition) is 5. The summed E-state index contributed by atoms with van der Waals surface area (Å²) < 4.78 is 18.4. The molecule has 0 saturated heterocycles. The Morgan fingerprint density at radius 3 is 2.41 bits per heavy atom. The summed E-state index contributed by atoms with van der Waals surface area (Å²) in [4.78, 5) is 35.1. The summed E-state index contributed by atoms with van der Waals surface area (Å²) in [6.07, 6.45) is 0. The van der Waals surface area contributed by atoms with Crippen LogP contribution < -0.4 is 10.1 Å². The SMILES string of the molecule is Cc1ccc(C(=O)Oc2cc(F)ccc2[N+](=O)[O-])cc1NC(=O)c1ccccc1. The molecule has 0 bridgehead atoms. The molecule has 0 fully saturated rings. The topological polar surface area (TPSA) is 98.5 Å². The zero-order valence-corrected chi connectivity index (χ0v) is 15.2. The summed E-state index contributed by atoms with van der Waals surface area (Å²) >= 11 is 0. The third-order valence-electron chi connectivity index (χ3n) is 4.08. The monoisotopic (exact) mass is 394 g/mol. The number of carbonyl (C=O) groups is 2. The number of halogens is 1. The van der Waals surface area contributed by atoms with Crippen LogP contribution in [-0.2, 0) is 0 Å². The van der Waals surface area contributed by atoms with Crippen LogP contribution in [0.4, 0.5) is 15.8 Å². The largest absolute Gasteiger partial charge is 0.415 e. The Labute approximate surface area is 164 Å². The fourth-order valence-electron chi connectivity index (χ4n) is 2.55. The van der Waals surface area contributed by atoms with Crippen LogP contribution in [-0.4, -0.2) is 16.8 Å². The lowest BCUT2D eigenvalue weighted by Crippen LogP contribution is -2.14. The molecule has 146 valence electrons. The fraction of sp³-hybridized carbons (Fsp3) is 0.0476. The first kappa shape index (κ1) is 19.7. The van der Waals surface area contributed by atoms with E-state index < -0.39 is 28.1 Å². The predicted octanol–water partition coefficient (Wildman–Crippen LogP) is 4.51. The van der Waals surface area contributed by atoms with Gasteiger partial charge in [0, 0.05) is 23.4 Å². The Bertz CT molecular complexity index is 1100. The molecule has 0 aliphatic rings. The molecule has 1 amide bonds. The molecule has 8 heteroatoms. The van der Waals surface area contributed by atoms with E-state index in [4.69, 9.17) is 4.74 Å². The molecule has 3 aromatic carbocycles.